The van der Waals surface area contributed by atoms with Crippen molar-refractivity contribution in [1.29, 1.82) is 0 Å². The van der Waals surface area contributed by atoms with Crippen molar-refractivity contribution in [1.82, 2.24) is 5.32 Å². The zero-order chi connectivity index (χ0) is 18.7. The predicted molar refractivity (Wildman–Crippen MR) is 104 cm³/mol. The molecule has 0 bridgehead atoms. The highest BCUT2D eigenvalue weighted by molar-refractivity contribution is 5.97. The molecule has 2 aromatic carbocycles. The second kappa shape index (κ2) is 7.32. The molecule has 0 unspecified atom stereocenters. The van der Waals surface area contributed by atoms with Gasteiger partial charge in [0.15, 0.2) is 0 Å². The SMILES string of the molecule is Cc1cc(C)c(NC(=O)CNC(=O)C2(c3ccccc3)CCC2)c(C)c1. The maximum absolute atomic E-state index is 12.8. The largest absolute Gasteiger partial charge is 0.346 e. The third-order valence-electron chi connectivity index (χ3n) is 5.32. The summed E-state index contributed by atoms with van der Waals surface area (Å²) in [6.45, 7) is 5.98. The van der Waals surface area contributed by atoms with Gasteiger partial charge < -0.3 is 10.6 Å². The van der Waals surface area contributed by atoms with E-state index in [1.807, 2.05) is 63.2 Å². The van der Waals surface area contributed by atoms with Crippen molar-refractivity contribution in [2.75, 3.05) is 11.9 Å². The number of amides is 2. The van der Waals surface area contributed by atoms with Crippen LogP contribution in [0.15, 0.2) is 42.5 Å². The number of anilines is 1. The molecule has 26 heavy (non-hydrogen) atoms. The molecule has 0 aromatic heterocycles. The highest BCUT2D eigenvalue weighted by Gasteiger charge is 2.45. The number of hydrogen-bond donors (Lipinski definition) is 2. The van der Waals surface area contributed by atoms with Crippen LogP contribution in [0.5, 0.6) is 0 Å². The molecule has 2 aromatic rings. The quantitative estimate of drug-likeness (QED) is 0.862. The summed E-state index contributed by atoms with van der Waals surface area (Å²) in [4.78, 5) is 25.1. The van der Waals surface area contributed by atoms with E-state index >= 15 is 0 Å². The van der Waals surface area contributed by atoms with E-state index in [-0.39, 0.29) is 18.4 Å². The minimum Gasteiger partial charge on any atom is -0.346 e. The van der Waals surface area contributed by atoms with Crippen LogP contribution in [0.4, 0.5) is 5.69 Å². The third-order valence-corrected chi connectivity index (χ3v) is 5.32. The molecule has 0 spiro atoms. The Morgan fingerprint density at radius 3 is 2.15 bits per heavy atom. The monoisotopic (exact) mass is 350 g/mol. The Morgan fingerprint density at radius 1 is 1.00 bits per heavy atom. The molecular weight excluding hydrogens is 324 g/mol. The van der Waals surface area contributed by atoms with Crippen LogP contribution in [-0.4, -0.2) is 18.4 Å². The smallest absolute Gasteiger partial charge is 0.243 e. The van der Waals surface area contributed by atoms with Crippen molar-refractivity contribution >= 4 is 17.5 Å². The Morgan fingerprint density at radius 2 is 1.62 bits per heavy atom. The molecule has 136 valence electrons. The highest BCUT2D eigenvalue weighted by atomic mass is 16.2. The van der Waals surface area contributed by atoms with Gasteiger partial charge in [0.05, 0.1) is 12.0 Å². The summed E-state index contributed by atoms with van der Waals surface area (Å²) in [6.07, 6.45) is 2.71. The van der Waals surface area contributed by atoms with Gasteiger partial charge in [0.2, 0.25) is 11.8 Å². The number of aryl methyl sites for hydroxylation is 3. The Bertz CT molecular complexity index is 800. The van der Waals surface area contributed by atoms with Gasteiger partial charge in [-0.2, -0.15) is 0 Å². The first-order valence-corrected chi connectivity index (χ1v) is 9.14. The topological polar surface area (TPSA) is 58.2 Å². The molecule has 0 radical (unpaired) electrons. The summed E-state index contributed by atoms with van der Waals surface area (Å²) >= 11 is 0. The maximum atomic E-state index is 12.8. The Hall–Kier alpha value is -2.62. The molecule has 0 atom stereocenters. The molecule has 3 rings (SSSR count). The van der Waals surface area contributed by atoms with Gasteiger partial charge in [-0.05, 0) is 50.3 Å². The van der Waals surface area contributed by atoms with Crippen molar-refractivity contribution in [2.45, 2.75) is 45.4 Å². The van der Waals surface area contributed by atoms with Gasteiger partial charge in [0.25, 0.3) is 0 Å². The first-order chi connectivity index (χ1) is 12.4. The van der Waals surface area contributed by atoms with E-state index in [1.165, 1.54) is 5.56 Å². The van der Waals surface area contributed by atoms with E-state index in [0.29, 0.717) is 0 Å². The molecule has 1 fully saturated rings. The van der Waals surface area contributed by atoms with Crippen molar-refractivity contribution in [3.8, 4) is 0 Å². The molecule has 0 heterocycles. The Labute approximate surface area is 155 Å². The minimum absolute atomic E-state index is 0.0137. The van der Waals surface area contributed by atoms with Crippen LogP contribution >= 0.6 is 0 Å². The lowest BCUT2D eigenvalue weighted by atomic mass is 9.64. The highest BCUT2D eigenvalue weighted by Crippen LogP contribution is 2.43. The van der Waals surface area contributed by atoms with E-state index in [2.05, 4.69) is 10.6 Å². The summed E-state index contributed by atoms with van der Waals surface area (Å²) < 4.78 is 0. The van der Waals surface area contributed by atoms with Crippen LogP contribution in [0.1, 0.15) is 41.5 Å². The lowest BCUT2D eigenvalue weighted by molar-refractivity contribution is -0.131. The average molecular weight is 350 g/mol. The third kappa shape index (κ3) is 3.50. The fourth-order valence-corrected chi connectivity index (χ4v) is 3.82. The predicted octanol–water partition coefficient (Wildman–Crippen LogP) is 3.79. The fourth-order valence-electron chi connectivity index (χ4n) is 3.82. The number of carbonyl (C=O) groups is 2. The van der Waals surface area contributed by atoms with E-state index in [4.69, 9.17) is 0 Å². The standard InChI is InChI=1S/C22H26N2O2/c1-15-12-16(2)20(17(3)13-15)24-19(25)14-23-21(26)22(10-7-11-22)18-8-5-4-6-9-18/h4-6,8-9,12-13H,7,10-11,14H2,1-3H3,(H,23,26)(H,24,25). The van der Waals surface area contributed by atoms with Gasteiger partial charge in [-0.25, -0.2) is 0 Å². The molecular formula is C22H26N2O2. The minimum atomic E-state index is -0.475. The summed E-state index contributed by atoms with van der Waals surface area (Å²) in [7, 11) is 0. The Balaban J connectivity index is 1.64. The van der Waals surface area contributed by atoms with E-state index < -0.39 is 5.41 Å². The first-order valence-electron chi connectivity index (χ1n) is 9.14. The van der Waals surface area contributed by atoms with Crippen molar-refractivity contribution in [3.63, 3.8) is 0 Å². The van der Waals surface area contributed by atoms with Gasteiger partial charge in [-0.15, -0.1) is 0 Å². The molecule has 1 aliphatic rings. The zero-order valence-corrected chi connectivity index (χ0v) is 15.7. The molecule has 1 aliphatic carbocycles. The molecule has 0 aliphatic heterocycles. The van der Waals surface area contributed by atoms with Crippen LogP contribution in [0.3, 0.4) is 0 Å². The maximum Gasteiger partial charge on any atom is 0.243 e. The molecule has 4 nitrogen and oxygen atoms in total. The van der Waals surface area contributed by atoms with Gasteiger partial charge in [-0.1, -0.05) is 54.4 Å². The van der Waals surface area contributed by atoms with Crippen LogP contribution in [0, 0.1) is 20.8 Å². The number of nitrogens with one attached hydrogen (secondary N) is 2. The molecule has 2 amide bonds. The van der Waals surface area contributed by atoms with Crippen LogP contribution < -0.4 is 10.6 Å². The summed E-state index contributed by atoms with van der Waals surface area (Å²) in [5, 5.41) is 5.78. The van der Waals surface area contributed by atoms with Gasteiger partial charge >= 0.3 is 0 Å². The average Bonchev–Trinajstić information content (AvgIpc) is 2.56. The number of benzene rings is 2. The van der Waals surface area contributed by atoms with Crippen molar-refractivity contribution < 1.29 is 9.59 Å². The number of rotatable bonds is 5. The van der Waals surface area contributed by atoms with Gasteiger partial charge in [-0.3, -0.25) is 9.59 Å². The lowest BCUT2D eigenvalue weighted by Crippen LogP contribution is -2.50. The Kier molecular flexibility index (Phi) is 5.12. The lowest BCUT2D eigenvalue weighted by Gasteiger charge is -2.40. The number of hydrogen-bond acceptors (Lipinski definition) is 2. The first kappa shape index (κ1) is 18.2. The summed E-state index contributed by atoms with van der Waals surface area (Å²) in [6, 6.07) is 13.9. The molecule has 1 saturated carbocycles. The second-order valence-corrected chi connectivity index (χ2v) is 7.31. The number of carbonyl (C=O) groups excluding carboxylic acids is 2. The summed E-state index contributed by atoms with van der Waals surface area (Å²) in [5.41, 5.74) is 4.62. The van der Waals surface area contributed by atoms with E-state index in [1.54, 1.807) is 0 Å². The van der Waals surface area contributed by atoms with Crippen molar-refractivity contribution in [2.24, 2.45) is 0 Å². The zero-order valence-electron chi connectivity index (χ0n) is 15.7. The van der Waals surface area contributed by atoms with E-state index in [9.17, 15) is 9.59 Å². The van der Waals surface area contributed by atoms with Crippen molar-refractivity contribution in [3.05, 3.63) is 64.7 Å². The van der Waals surface area contributed by atoms with Gasteiger partial charge in [0.1, 0.15) is 0 Å². The van der Waals surface area contributed by atoms with Crippen LogP contribution in [0.2, 0.25) is 0 Å². The van der Waals surface area contributed by atoms with Gasteiger partial charge in [0, 0.05) is 5.69 Å². The molecule has 4 heteroatoms. The normalized spacial score (nSPS) is 15.0. The molecule has 0 saturated heterocycles. The summed E-state index contributed by atoms with van der Waals surface area (Å²) in [5.74, 6) is -0.251. The van der Waals surface area contributed by atoms with E-state index in [0.717, 1.165) is 41.6 Å². The second-order valence-electron chi connectivity index (χ2n) is 7.31. The van der Waals surface area contributed by atoms with Crippen LogP contribution in [-0.2, 0) is 15.0 Å². The van der Waals surface area contributed by atoms with Crippen LogP contribution in [0.25, 0.3) is 0 Å². The fraction of sp³-hybridized carbons (Fsp3) is 0.364. The molecule has 2 N–H and O–H groups in total.